The number of Topliss-reactive ketones (excluding diaryl/α,β-unsaturated/α-hetero) is 1. The van der Waals surface area contributed by atoms with Crippen LogP contribution in [-0.4, -0.2) is 15.6 Å². The Morgan fingerprint density at radius 2 is 2.46 bits per heavy atom. The largest absolute Gasteiger partial charge is 0.291 e. The van der Waals surface area contributed by atoms with E-state index in [2.05, 4.69) is 11.0 Å². The zero-order valence-corrected chi connectivity index (χ0v) is 7.87. The molecule has 1 heterocycles. The highest BCUT2D eigenvalue weighted by atomic mass is 16.1. The molecule has 3 nitrogen and oxygen atoms in total. The van der Waals surface area contributed by atoms with Gasteiger partial charge in [-0.05, 0) is 19.9 Å². The fraction of sp³-hybridized carbons (Fsp3) is 0.400. The molecule has 0 atom stereocenters. The lowest BCUT2D eigenvalue weighted by Crippen LogP contribution is -2.08. The maximum atomic E-state index is 11.4. The standard InChI is InChI=1S/C10H12N2O/c1-4-6-10(13)9-7-8(3)11-12(9)5-2/h1,7H,5-6H2,2-3H3. The van der Waals surface area contributed by atoms with Gasteiger partial charge >= 0.3 is 0 Å². The van der Waals surface area contributed by atoms with Crippen LogP contribution in [0.25, 0.3) is 0 Å². The molecule has 0 N–H and O–H groups in total. The minimum Gasteiger partial charge on any atom is -0.291 e. The first-order valence-corrected chi connectivity index (χ1v) is 4.20. The van der Waals surface area contributed by atoms with E-state index >= 15 is 0 Å². The first kappa shape index (κ1) is 9.53. The predicted octanol–water partition coefficient (Wildman–Crippen LogP) is 1.42. The first-order chi connectivity index (χ1) is 6.19. The summed E-state index contributed by atoms with van der Waals surface area (Å²) in [5.74, 6) is 2.30. The summed E-state index contributed by atoms with van der Waals surface area (Å²) in [7, 11) is 0. The van der Waals surface area contributed by atoms with Crippen molar-refractivity contribution in [2.75, 3.05) is 0 Å². The molecule has 0 aromatic carbocycles. The van der Waals surface area contributed by atoms with E-state index in [-0.39, 0.29) is 12.2 Å². The monoisotopic (exact) mass is 176 g/mol. The van der Waals surface area contributed by atoms with Gasteiger partial charge in [-0.3, -0.25) is 9.48 Å². The Kier molecular flexibility index (Phi) is 2.86. The van der Waals surface area contributed by atoms with E-state index in [0.717, 1.165) is 5.69 Å². The van der Waals surface area contributed by atoms with Crippen LogP contribution in [0.5, 0.6) is 0 Å². The highest BCUT2D eigenvalue weighted by Gasteiger charge is 2.11. The van der Waals surface area contributed by atoms with E-state index in [1.807, 2.05) is 13.8 Å². The van der Waals surface area contributed by atoms with Gasteiger partial charge < -0.3 is 0 Å². The minimum atomic E-state index is -0.0371. The fourth-order valence-corrected chi connectivity index (χ4v) is 1.19. The average Bonchev–Trinajstić information content (AvgIpc) is 2.47. The molecule has 0 bridgehead atoms. The SMILES string of the molecule is C#CCC(=O)c1cc(C)nn1CC. The third kappa shape index (κ3) is 1.97. The summed E-state index contributed by atoms with van der Waals surface area (Å²) in [5, 5.41) is 4.16. The third-order valence-corrected chi connectivity index (χ3v) is 1.75. The molecule has 0 aliphatic rings. The van der Waals surface area contributed by atoms with Gasteiger partial charge in [0.15, 0.2) is 5.78 Å². The number of hydrogen-bond donors (Lipinski definition) is 0. The van der Waals surface area contributed by atoms with Gasteiger partial charge in [-0.25, -0.2) is 0 Å². The second kappa shape index (κ2) is 3.90. The maximum Gasteiger partial charge on any atom is 0.192 e. The topological polar surface area (TPSA) is 34.9 Å². The number of carbonyl (C=O) groups is 1. The molecule has 0 amide bonds. The number of hydrogen-bond acceptors (Lipinski definition) is 2. The van der Waals surface area contributed by atoms with E-state index in [1.165, 1.54) is 0 Å². The molecule has 13 heavy (non-hydrogen) atoms. The number of carbonyl (C=O) groups excluding carboxylic acids is 1. The van der Waals surface area contributed by atoms with E-state index in [4.69, 9.17) is 6.42 Å². The average molecular weight is 176 g/mol. The molecule has 0 unspecified atom stereocenters. The molecule has 0 aliphatic carbocycles. The van der Waals surface area contributed by atoms with E-state index in [9.17, 15) is 4.79 Å². The first-order valence-electron chi connectivity index (χ1n) is 4.20. The fourth-order valence-electron chi connectivity index (χ4n) is 1.19. The van der Waals surface area contributed by atoms with Crippen molar-refractivity contribution in [3.63, 3.8) is 0 Å². The Hall–Kier alpha value is -1.56. The quantitative estimate of drug-likeness (QED) is 0.515. The molecule has 0 saturated carbocycles. The van der Waals surface area contributed by atoms with Gasteiger partial charge in [-0.2, -0.15) is 5.10 Å². The van der Waals surface area contributed by atoms with Crippen molar-refractivity contribution in [3.8, 4) is 12.3 Å². The van der Waals surface area contributed by atoms with Crippen molar-refractivity contribution in [3.05, 3.63) is 17.5 Å². The van der Waals surface area contributed by atoms with Crippen molar-refractivity contribution >= 4 is 5.78 Å². The van der Waals surface area contributed by atoms with Gasteiger partial charge in [0.05, 0.1) is 12.1 Å². The summed E-state index contributed by atoms with van der Waals surface area (Å²) in [6, 6.07) is 1.77. The lowest BCUT2D eigenvalue weighted by molar-refractivity contribution is 0.0988. The van der Waals surface area contributed by atoms with Crippen LogP contribution in [0.3, 0.4) is 0 Å². The van der Waals surface area contributed by atoms with Gasteiger partial charge in [-0.1, -0.05) is 5.92 Å². The molecule has 1 rings (SSSR count). The van der Waals surface area contributed by atoms with E-state index < -0.39 is 0 Å². The van der Waals surface area contributed by atoms with Crippen molar-refractivity contribution in [2.24, 2.45) is 0 Å². The van der Waals surface area contributed by atoms with Gasteiger partial charge in [0, 0.05) is 6.54 Å². The smallest absolute Gasteiger partial charge is 0.192 e. The van der Waals surface area contributed by atoms with E-state index in [0.29, 0.717) is 12.2 Å². The number of aromatic nitrogens is 2. The van der Waals surface area contributed by atoms with Gasteiger partial charge in [0.1, 0.15) is 5.69 Å². The van der Waals surface area contributed by atoms with Crippen LogP contribution in [0, 0.1) is 19.3 Å². The lowest BCUT2D eigenvalue weighted by Gasteiger charge is -2.00. The number of ketones is 1. The van der Waals surface area contributed by atoms with Crippen LogP contribution in [0.15, 0.2) is 6.07 Å². The second-order valence-corrected chi connectivity index (χ2v) is 2.79. The van der Waals surface area contributed by atoms with Crippen LogP contribution in [0.1, 0.15) is 29.5 Å². The number of rotatable bonds is 3. The molecule has 0 spiro atoms. The summed E-state index contributed by atoms with van der Waals surface area (Å²) in [6.07, 6.45) is 5.21. The van der Waals surface area contributed by atoms with Crippen LogP contribution in [-0.2, 0) is 6.54 Å². The Labute approximate surface area is 77.8 Å². The van der Waals surface area contributed by atoms with Crippen molar-refractivity contribution in [2.45, 2.75) is 26.8 Å². The van der Waals surface area contributed by atoms with Gasteiger partial charge in [-0.15, -0.1) is 6.42 Å². The molecule has 3 heteroatoms. The highest BCUT2D eigenvalue weighted by Crippen LogP contribution is 2.06. The zero-order valence-electron chi connectivity index (χ0n) is 7.87. The third-order valence-electron chi connectivity index (χ3n) is 1.75. The van der Waals surface area contributed by atoms with Crippen molar-refractivity contribution in [1.29, 1.82) is 0 Å². The molecular formula is C10H12N2O. The Balaban J connectivity index is 2.99. The predicted molar refractivity (Wildman–Crippen MR) is 50.4 cm³/mol. The molecule has 0 radical (unpaired) electrons. The normalized spacial score (nSPS) is 9.62. The van der Waals surface area contributed by atoms with Crippen molar-refractivity contribution < 1.29 is 4.79 Å². The molecule has 0 fully saturated rings. The van der Waals surface area contributed by atoms with Crippen LogP contribution in [0.4, 0.5) is 0 Å². The number of terminal acetylenes is 1. The lowest BCUT2D eigenvalue weighted by atomic mass is 10.2. The second-order valence-electron chi connectivity index (χ2n) is 2.79. The molecule has 1 aromatic rings. The summed E-state index contributed by atoms with van der Waals surface area (Å²) >= 11 is 0. The highest BCUT2D eigenvalue weighted by molar-refractivity contribution is 5.96. The maximum absolute atomic E-state index is 11.4. The van der Waals surface area contributed by atoms with Gasteiger partial charge in [0.2, 0.25) is 0 Å². The number of nitrogens with zero attached hydrogens (tertiary/aromatic N) is 2. The molecular weight excluding hydrogens is 164 g/mol. The summed E-state index contributed by atoms with van der Waals surface area (Å²) in [5.41, 5.74) is 1.46. The zero-order chi connectivity index (χ0) is 9.84. The summed E-state index contributed by atoms with van der Waals surface area (Å²) < 4.78 is 1.68. The Bertz CT molecular complexity index is 357. The molecule has 0 saturated heterocycles. The summed E-state index contributed by atoms with van der Waals surface area (Å²) in [4.78, 5) is 11.4. The Morgan fingerprint density at radius 1 is 1.77 bits per heavy atom. The van der Waals surface area contributed by atoms with Gasteiger partial charge in [0.25, 0.3) is 0 Å². The van der Waals surface area contributed by atoms with Crippen LogP contribution >= 0.6 is 0 Å². The number of aryl methyl sites for hydroxylation is 2. The summed E-state index contributed by atoms with van der Waals surface area (Å²) in [6.45, 7) is 4.50. The molecule has 68 valence electrons. The van der Waals surface area contributed by atoms with Crippen LogP contribution < -0.4 is 0 Å². The molecule has 0 aliphatic heterocycles. The molecule has 1 aromatic heterocycles. The van der Waals surface area contributed by atoms with Crippen molar-refractivity contribution in [1.82, 2.24) is 9.78 Å². The van der Waals surface area contributed by atoms with Crippen LogP contribution in [0.2, 0.25) is 0 Å². The van der Waals surface area contributed by atoms with E-state index in [1.54, 1.807) is 10.7 Å². The minimum absolute atomic E-state index is 0.0371. The Morgan fingerprint density at radius 3 is 3.00 bits per heavy atom.